The van der Waals surface area contributed by atoms with Gasteiger partial charge in [-0.25, -0.2) is 0 Å². The van der Waals surface area contributed by atoms with Gasteiger partial charge in [-0.15, -0.1) is 11.3 Å². The van der Waals surface area contributed by atoms with Crippen molar-refractivity contribution in [1.29, 1.82) is 0 Å². The molecule has 0 spiro atoms. The lowest BCUT2D eigenvalue weighted by Gasteiger charge is -2.29. The van der Waals surface area contributed by atoms with Gasteiger partial charge in [0.15, 0.2) is 0 Å². The lowest BCUT2D eigenvalue weighted by Crippen LogP contribution is -2.44. The van der Waals surface area contributed by atoms with Crippen molar-refractivity contribution >= 4 is 27.3 Å². The predicted molar refractivity (Wildman–Crippen MR) is 69.7 cm³/mol. The van der Waals surface area contributed by atoms with E-state index < -0.39 is 0 Å². The Bertz CT molecular complexity index is 307. The van der Waals surface area contributed by atoms with Crippen LogP contribution in [-0.4, -0.2) is 37.6 Å². The Hall–Kier alpha value is 0.1000. The summed E-state index contributed by atoms with van der Waals surface area (Å²) in [6, 6.07) is 4.38. The number of nitrogens with one attached hydrogen (secondary N) is 1. The van der Waals surface area contributed by atoms with Gasteiger partial charge in [-0.05, 0) is 28.1 Å². The van der Waals surface area contributed by atoms with Gasteiger partial charge in [0.05, 0.1) is 3.79 Å². The van der Waals surface area contributed by atoms with E-state index in [1.807, 2.05) is 11.3 Å². The third-order valence-corrected chi connectivity index (χ3v) is 4.68. The molecule has 1 aromatic heterocycles. The molecule has 0 aliphatic carbocycles. The molecular weight excluding hydrogens is 272 g/mol. The first-order valence-electron chi connectivity index (χ1n) is 5.44. The van der Waals surface area contributed by atoms with E-state index in [1.165, 1.54) is 28.3 Å². The van der Waals surface area contributed by atoms with Gasteiger partial charge in [0, 0.05) is 43.5 Å². The molecule has 0 aromatic carbocycles. The molecule has 1 saturated heterocycles. The summed E-state index contributed by atoms with van der Waals surface area (Å²) in [6.07, 6.45) is 0. The quantitative estimate of drug-likeness (QED) is 0.920. The van der Waals surface area contributed by atoms with E-state index in [1.54, 1.807) is 0 Å². The molecule has 1 aromatic rings. The van der Waals surface area contributed by atoms with Crippen molar-refractivity contribution < 1.29 is 0 Å². The van der Waals surface area contributed by atoms with Gasteiger partial charge in [0.1, 0.15) is 0 Å². The number of halogens is 1. The molecular formula is C11H17BrN2S. The fraction of sp³-hybridized carbons (Fsp3) is 0.636. The number of piperazine rings is 1. The van der Waals surface area contributed by atoms with Gasteiger partial charge in [-0.2, -0.15) is 0 Å². The lowest BCUT2D eigenvalue weighted by molar-refractivity contribution is 0.231. The Morgan fingerprint density at radius 2 is 2.20 bits per heavy atom. The zero-order valence-electron chi connectivity index (χ0n) is 9.00. The van der Waals surface area contributed by atoms with E-state index in [0.29, 0.717) is 5.92 Å². The molecule has 15 heavy (non-hydrogen) atoms. The first-order valence-corrected chi connectivity index (χ1v) is 7.05. The van der Waals surface area contributed by atoms with E-state index in [-0.39, 0.29) is 0 Å². The molecule has 0 bridgehead atoms. The van der Waals surface area contributed by atoms with Crippen LogP contribution in [0.5, 0.6) is 0 Å². The van der Waals surface area contributed by atoms with Crippen LogP contribution in [0.3, 0.4) is 0 Å². The fourth-order valence-electron chi connectivity index (χ4n) is 1.96. The van der Waals surface area contributed by atoms with E-state index in [9.17, 15) is 0 Å². The normalized spacial score (nSPS) is 20.4. The minimum Gasteiger partial charge on any atom is -0.314 e. The minimum absolute atomic E-state index is 0.652. The maximum Gasteiger partial charge on any atom is 0.0701 e. The standard InChI is InChI=1S/C11H17BrN2S/c1-9(10-2-3-11(12)15-10)8-14-6-4-13-5-7-14/h2-3,9,13H,4-8H2,1H3. The first-order chi connectivity index (χ1) is 7.25. The highest BCUT2D eigenvalue weighted by Gasteiger charge is 2.15. The van der Waals surface area contributed by atoms with Gasteiger partial charge in [-0.3, -0.25) is 0 Å². The largest absolute Gasteiger partial charge is 0.314 e. The summed E-state index contributed by atoms with van der Waals surface area (Å²) in [6.45, 7) is 8.17. The van der Waals surface area contributed by atoms with Crippen molar-refractivity contribution in [2.24, 2.45) is 0 Å². The van der Waals surface area contributed by atoms with Crippen LogP contribution in [0.1, 0.15) is 17.7 Å². The van der Waals surface area contributed by atoms with Gasteiger partial charge < -0.3 is 10.2 Å². The molecule has 1 N–H and O–H groups in total. The molecule has 1 atom stereocenters. The van der Waals surface area contributed by atoms with E-state index in [2.05, 4.69) is 45.2 Å². The minimum atomic E-state index is 0.652. The van der Waals surface area contributed by atoms with Crippen LogP contribution < -0.4 is 5.32 Å². The summed E-state index contributed by atoms with van der Waals surface area (Å²) < 4.78 is 1.24. The Kier molecular flexibility index (Phi) is 4.20. The topological polar surface area (TPSA) is 15.3 Å². The Labute approximate surface area is 104 Å². The fourth-order valence-corrected chi connectivity index (χ4v) is 3.43. The highest BCUT2D eigenvalue weighted by atomic mass is 79.9. The van der Waals surface area contributed by atoms with Crippen LogP contribution in [0.4, 0.5) is 0 Å². The molecule has 2 rings (SSSR count). The van der Waals surface area contributed by atoms with Crippen LogP contribution in [-0.2, 0) is 0 Å². The van der Waals surface area contributed by atoms with Crippen molar-refractivity contribution in [3.8, 4) is 0 Å². The maximum absolute atomic E-state index is 3.52. The third kappa shape index (κ3) is 3.28. The van der Waals surface area contributed by atoms with Crippen LogP contribution in [0.15, 0.2) is 15.9 Å². The number of hydrogen-bond donors (Lipinski definition) is 1. The van der Waals surface area contributed by atoms with Crippen LogP contribution in [0.25, 0.3) is 0 Å². The van der Waals surface area contributed by atoms with Crippen LogP contribution >= 0.6 is 27.3 Å². The van der Waals surface area contributed by atoms with Gasteiger partial charge in [-0.1, -0.05) is 6.92 Å². The molecule has 1 fully saturated rings. The maximum atomic E-state index is 3.52. The van der Waals surface area contributed by atoms with Crippen molar-refractivity contribution in [2.45, 2.75) is 12.8 Å². The first kappa shape index (κ1) is 11.6. The molecule has 4 heteroatoms. The predicted octanol–water partition coefficient (Wildman–Crippen LogP) is 2.52. The summed E-state index contributed by atoms with van der Waals surface area (Å²) in [5, 5.41) is 3.39. The van der Waals surface area contributed by atoms with Crippen molar-refractivity contribution in [3.05, 3.63) is 20.8 Å². The Morgan fingerprint density at radius 3 is 2.80 bits per heavy atom. The zero-order chi connectivity index (χ0) is 10.7. The summed E-state index contributed by atoms with van der Waals surface area (Å²) in [7, 11) is 0. The second-order valence-electron chi connectivity index (χ2n) is 4.09. The number of thiophene rings is 1. The second kappa shape index (κ2) is 5.43. The highest BCUT2D eigenvalue weighted by Crippen LogP contribution is 2.28. The van der Waals surface area contributed by atoms with E-state index in [4.69, 9.17) is 0 Å². The van der Waals surface area contributed by atoms with Crippen molar-refractivity contribution in [1.82, 2.24) is 10.2 Å². The molecule has 0 saturated carbocycles. The van der Waals surface area contributed by atoms with Crippen molar-refractivity contribution in [2.75, 3.05) is 32.7 Å². The lowest BCUT2D eigenvalue weighted by atomic mass is 10.1. The molecule has 1 unspecified atom stereocenters. The molecule has 2 nitrogen and oxygen atoms in total. The van der Waals surface area contributed by atoms with Gasteiger partial charge in [0.25, 0.3) is 0 Å². The Morgan fingerprint density at radius 1 is 1.47 bits per heavy atom. The monoisotopic (exact) mass is 288 g/mol. The zero-order valence-corrected chi connectivity index (χ0v) is 11.4. The van der Waals surface area contributed by atoms with E-state index >= 15 is 0 Å². The molecule has 2 heterocycles. The molecule has 1 aliphatic heterocycles. The SMILES string of the molecule is CC(CN1CCNCC1)c1ccc(Br)s1. The molecule has 84 valence electrons. The van der Waals surface area contributed by atoms with E-state index in [0.717, 1.165) is 13.1 Å². The van der Waals surface area contributed by atoms with Crippen molar-refractivity contribution in [3.63, 3.8) is 0 Å². The molecule has 0 amide bonds. The average Bonchev–Trinajstić information content (AvgIpc) is 2.66. The number of rotatable bonds is 3. The van der Waals surface area contributed by atoms with Gasteiger partial charge >= 0.3 is 0 Å². The smallest absolute Gasteiger partial charge is 0.0701 e. The third-order valence-electron chi connectivity index (χ3n) is 2.82. The summed E-state index contributed by atoms with van der Waals surface area (Å²) in [5.41, 5.74) is 0. The summed E-state index contributed by atoms with van der Waals surface area (Å²) >= 11 is 5.38. The van der Waals surface area contributed by atoms with Gasteiger partial charge in [0.2, 0.25) is 0 Å². The summed E-state index contributed by atoms with van der Waals surface area (Å²) in [5.74, 6) is 0.652. The summed E-state index contributed by atoms with van der Waals surface area (Å²) in [4.78, 5) is 4.04. The van der Waals surface area contributed by atoms with Crippen LogP contribution in [0, 0.1) is 0 Å². The number of nitrogens with zero attached hydrogens (tertiary/aromatic N) is 1. The molecule has 0 radical (unpaired) electrons. The molecule has 1 aliphatic rings. The number of hydrogen-bond acceptors (Lipinski definition) is 3. The highest BCUT2D eigenvalue weighted by molar-refractivity contribution is 9.11. The van der Waals surface area contributed by atoms with Crippen LogP contribution in [0.2, 0.25) is 0 Å². The average molecular weight is 289 g/mol. The second-order valence-corrected chi connectivity index (χ2v) is 6.59. The Balaban J connectivity index is 1.88.